The zero-order valence-corrected chi connectivity index (χ0v) is 11.6. The summed E-state index contributed by atoms with van der Waals surface area (Å²) < 4.78 is 5.93. The third kappa shape index (κ3) is 4.75. The first-order valence-electron chi connectivity index (χ1n) is 5.51. The highest BCUT2D eigenvalue weighted by molar-refractivity contribution is 9.10. The molecule has 0 aliphatic rings. The van der Waals surface area contributed by atoms with Crippen molar-refractivity contribution < 1.29 is 9.53 Å². The molecule has 0 saturated carbocycles. The lowest BCUT2D eigenvalue weighted by molar-refractivity contribution is -0.115. The Hall–Kier alpha value is -1.07. The van der Waals surface area contributed by atoms with Crippen LogP contribution in [0, 0.1) is 0 Å². The van der Waals surface area contributed by atoms with Crippen molar-refractivity contribution in [2.24, 2.45) is 0 Å². The number of hydrogen-bond donors (Lipinski definition) is 2. The molecule has 0 aliphatic carbocycles. The molecule has 0 bridgehead atoms. The molecule has 1 rings (SSSR count). The average molecular weight is 301 g/mol. The highest BCUT2D eigenvalue weighted by atomic mass is 79.9. The lowest BCUT2D eigenvalue weighted by Crippen LogP contribution is -2.28. The molecule has 1 aromatic rings. The minimum absolute atomic E-state index is 0.0458. The van der Waals surface area contributed by atoms with Gasteiger partial charge in [0.2, 0.25) is 5.91 Å². The largest absolute Gasteiger partial charge is 0.496 e. The van der Waals surface area contributed by atoms with Gasteiger partial charge in [0.15, 0.2) is 0 Å². The van der Waals surface area contributed by atoms with Gasteiger partial charge in [-0.05, 0) is 47.1 Å². The van der Waals surface area contributed by atoms with E-state index in [1.165, 1.54) is 0 Å². The van der Waals surface area contributed by atoms with Crippen molar-refractivity contribution in [3.05, 3.63) is 22.7 Å². The van der Waals surface area contributed by atoms with Crippen LogP contribution in [0.2, 0.25) is 0 Å². The van der Waals surface area contributed by atoms with E-state index >= 15 is 0 Å². The Labute approximate surface area is 110 Å². The van der Waals surface area contributed by atoms with E-state index in [0.29, 0.717) is 6.54 Å². The van der Waals surface area contributed by atoms with E-state index in [2.05, 4.69) is 33.5 Å². The molecular weight excluding hydrogens is 284 g/mol. The van der Waals surface area contributed by atoms with Crippen molar-refractivity contribution in [1.29, 1.82) is 0 Å². The van der Waals surface area contributed by atoms with Gasteiger partial charge in [-0.1, -0.05) is 6.92 Å². The first-order valence-corrected chi connectivity index (χ1v) is 6.30. The number of rotatable bonds is 6. The molecule has 4 nitrogen and oxygen atoms in total. The number of carbonyl (C=O) groups excluding carboxylic acids is 1. The van der Waals surface area contributed by atoms with Crippen LogP contribution in [0.25, 0.3) is 0 Å². The molecule has 0 saturated heterocycles. The molecule has 0 aromatic heterocycles. The maximum Gasteiger partial charge on any atom is 0.238 e. The number of anilines is 1. The summed E-state index contributed by atoms with van der Waals surface area (Å²) in [5.41, 5.74) is 0.751. The number of methoxy groups -OCH3 is 1. The predicted molar refractivity (Wildman–Crippen MR) is 72.5 cm³/mol. The molecule has 2 N–H and O–H groups in total. The van der Waals surface area contributed by atoms with E-state index < -0.39 is 0 Å². The van der Waals surface area contributed by atoms with E-state index in [0.717, 1.165) is 28.9 Å². The van der Waals surface area contributed by atoms with Crippen LogP contribution in [0.5, 0.6) is 5.75 Å². The molecule has 1 amide bonds. The van der Waals surface area contributed by atoms with Crippen LogP contribution in [0.15, 0.2) is 22.7 Å². The summed E-state index contributed by atoms with van der Waals surface area (Å²) in [6, 6.07) is 5.43. The Balaban J connectivity index is 2.51. The lowest BCUT2D eigenvalue weighted by atomic mass is 10.3. The first kappa shape index (κ1) is 14.0. The van der Waals surface area contributed by atoms with E-state index in [-0.39, 0.29) is 5.91 Å². The lowest BCUT2D eigenvalue weighted by Gasteiger charge is -2.08. The van der Waals surface area contributed by atoms with Crippen molar-refractivity contribution in [1.82, 2.24) is 5.32 Å². The molecule has 0 radical (unpaired) electrons. The summed E-state index contributed by atoms with van der Waals surface area (Å²) in [6.07, 6.45) is 1.02. The number of ether oxygens (including phenoxy) is 1. The Morgan fingerprint density at radius 1 is 1.47 bits per heavy atom. The van der Waals surface area contributed by atoms with Gasteiger partial charge < -0.3 is 15.4 Å². The number of halogens is 1. The molecule has 17 heavy (non-hydrogen) atoms. The fraction of sp³-hybridized carbons (Fsp3) is 0.417. The van der Waals surface area contributed by atoms with Gasteiger partial charge in [0.05, 0.1) is 18.1 Å². The third-order valence-corrected chi connectivity index (χ3v) is 2.77. The van der Waals surface area contributed by atoms with Crippen molar-refractivity contribution in [3.8, 4) is 5.75 Å². The summed E-state index contributed by atoms with van der Waals surface area (Å²) in [7, 11) is 1.60. The van der Waals surface area contributed by atoms with Gasteiger partial charge in [0, 0.05) is 5.69 Å². The topological polar surface area (TPSA) is 50.4 Å². The highest BCUT2D eigenvalue weighted by Crippen LogP contribution is 2.27. The quantitative estimate of drug-likeness (QED) is 0.793. The van der Waals surface area contributed by atoms with Gasteiger partial charge in [-0.25, -0.2) is 0 Å². The van der Waals surface area contributed by atoms with Gasteiger partial charge in [-0.3, -0.25) is 4.79 Å². The molecule has 0 unspecified atom stereocenters. The third-order valence-electron chi connectivity index (χ3n) is 2.15. The zero-order chi connectivity index (χ0) is 12.7. The molecule has 0 heterocycles. The maximum atomic E-state index is 11.5. The number of hydrogen-bond acceptors (Lipinski definition) is 3. The standard InChI is InChI=1S/C12H17BrN2O2/c1-3-6-14-8-12(16)15-9-4-5-11(17-2)10(13)7-9/h4-5,7,14H,3,6,8H2,1-2H3,(H,15,16). The minimum Gasteiger partial charge on any atom is -0.496 e. The van der Waals surface area contributed by atoms with Crippen LogP contribution in [0.3, 0.4) is 0 Å². The van der Waals surface area contributed by atoms with Crippen LogP contribution in [0.1, 0.15) is 13.3 Å². The van der Waals surface area contributed by atoms with Gasteiger partial charge in [-0.2, -0.15) is 0 Å². The Morgan fingerprint density at radius 3 is 2.82 bits per heavy atom. The zero-order valence-electron chi connectivity index (χ0n) is 10.0. The molecule has 0 aliphatic heterocycles. The SMILES string of the molecule is CCCNCC(=O)Nc1ccc(OC)c(Br)c1. The molecule has 0 fully saturated rings. The highest BCUT2D eigenvalue weighted by Gasteiger charge is 2.04. The average Bonchev–Trinajstić information content (AvgIpc) is 2.29. The van der Waals surface area contributed by atoms with E-state index in [1.807, 2.05) is 6.07 Å². The number of amides is 1. The second kappa shape index (κ2) is 7.29. The number of benzene rings is 1. The van der Waals surface area contributed by atoms with Crippen LogP contribution in [-0.4, -0.2) is 26.1 Å². The maximum absolute atomic E-state index is 11.5. The molecule has 0 spiro atoms. The van der Waals surface area contributed by atoms with Gasteiger partial charge in [-0.15, -0.1) is 0 Å². The van der Waals surface area contributed by atoms with Gasteiger partial charge in [0.1, 0.15) is 5.75 Å². The Bertz CT molecular complexity index is 383. The van der Waals surface area contributed by atoms with Crippen LogP contribution >= 0.6 is 15.9 Å². The monoisotopic (exact) mass is 300 g/mol. The number of carbonyl (C=O) groups is 1. The van der Waals surface area contributed by atoms with Crippen molar-refractivity contribution in [2.75, 3.05) is 25.5 Å². The molecule has 94 valence electrons. The van der Waals surface area contributed by atoms with Gasteiger partial charge in [0.25, 0.3) is 0 Å². The van der Waals surface area contributed by atoms with Crippen molar-refractivity contribution >= 4 is 27.5 Å². The molecule has 0 atom stereocenters. The Kier molecular flexibility index (Phi) is 6.00. The summed E-state index contributed by atoms with van der Waals surface area (Å²) in [5, 5.41) is 5.85. The summed E-state index contributed by atoms with van der Waals surface area (Å²) >= 11 is 3.37. The fourth-order valence-corrected chi connectivity index (χ4v) is 1.87. The minimum atomic E-state index is -0.0458. The van der Waals surface area contributed by atoms with E-state index in [1.54, 1.807) is 19.2 Å². The fourth-order valence-electron chi connectivity index (χ4n) is 1.33. The van der Waals surface area contributed by atoms with E-state index in [4.69, 9.17) is 4.74 Å². The second-order valence-corrected chi connectivity index (χ2v) is 4.43. The summed E-state index contributed by atoms with van der Waals surface area (Å²) in [5.74, 6) is 0.697. The Morgan fingerprint density at radius 2 is 2.24 bits per heavy atom. The van der Waals surface area contributed by atoms with Crippen molar-refractivity contribution in [3.63, 3.8) is 0 Å². The second-order valence-electron chi connectivity index (χ2n) is 3.57. The predicted octanol–water partition coefficient (Wildman–Crippen LogP) is 2.40. The summed E-state index contributed by atoms with van der Waals surface area (Å²) in [4.78, 5) is 11.5. The van der Waals surface area contributed by atoms with Crippen LogP contribution < -0.4 is 15.4 Å². The van der Waals surface area contributed by atoms with Crippen molar-refractivity contribution in [2.45, 2.75) is 13.3 Å². The molecular formula is C12H17BrN2O2. The van der Waals surface area contributed by atoms with Gasteiger partial charge >= 0.3 is 0 Å². The normalized spacial score (nSPS) is 10.1. The summed E-state index contributed by atoms with van der Waals surface area (Å²) in [6.45, 7) is 3.24. The smallest absolute Gasteiger partial charge is 0.238 e. The number of nitrogens with one attached hydrogen (secondary N) is 2. The molecule has 5 heteroatoms. The van der Waals surface area contributed by atoms with Crippen LogP contribution in [0.4, 0.5) is 5.69 Å². The molecule has 1 aromatic carbocycles. The van der Waals surface area contributed by atoms with Crippen LogP contribution in [-0.2, 0) is 4.79 Å². The first-order chi connectivity index (χ1) is 8.17. The van der Waals surface area contributed by atoms with E-state index in [9.17, 15) is 4.79 Å².